The number of fused-ring (bicyclic) bond motifs is 9. The summed E-state index contributed by atoms with van der Waals surface area (Å²) in [7, 11) is 0. The number of furan rings is 1. The van der Waals surface area contributed by atoms with Crippen molar-refractivity contribution >= 4 is 82.1 Å². The van der Waals surface area contributed by atoms with E-state index < -0.39 is 0 Å². The van der Waals surface area contributed by atoms with Crippen molar-refractivity contribution in [2.24, 2.45) is 0 Å². The zero-order valence-corrected chi connectivity index (χ0v) is 32.7. The molecule has 0 amide bonds. The second-order valence-corrected chi connectivity index (χ2v) is 15.6. The molecule has 0 aliphatic carbocycles. The third kappa shape index (κ3) is 5.50. The molecule has 0 unspecified atom stereocenters. The van der Waals surface area contributed by atoms with Gasteiger partial charge in [-0.05, 0) is 119 Å². The molecule has 1 heterocycles. The lowest BCUT2D eigenvalue weighted by molar-refractivity contribution is 0.669. The van der Waals surface area contributed by atoms with Crippen molar-refractivity contribution in [1.29, 1.82) is 0 Å². The summed E-state index contributed by atoms with van der Waals surface area (Å²) in [6.45, 7) is 0. The zero-order chi connectivity index (χ0) is 39.6. The van der Waals surface area contributed by atoms with Crippen LogP contribution < -0.4 is 4.90 Å². The molecule has 12 aromatic rings. The molecular weight excluding hydrogens is 727 g/mol. The summed E-state index contributed by atoms with van der Waals surface area (Å²) in [6, 6.07) is 81.5. The first-order valence-corrected chi connectivity index (χ1v) is 20.6. The summed E-state index contributed by atoms with van der Waals surface area (Å²) in [4.78, 5) is 2.42. The maximum Gasteiger partial charge on any atom is 0.137 e. The number of hydrogen-bond donors (Lipinski definition) is 0. The van der Waals surface area contributed by atoms with Crippen molar-refractivity contribution in [2.75, 3.05) is 4.90 Å². The van der Waals surface area contributed by atoms with Gasteiger partial charge < -0.3 is 9.32 Å². The number of benzene rings is 11. The van der Waals surface area contributed by atoms with Gasteiger partial charge in [0.05, 0.1) is 5.69 Å². The van der Waals surface area contributed by atoms with Gasteiger partial charge in [-0.2, -0.15) is 0 Å². The molecular formula is C58H37NO. The predicted octanol–water partition coefficient (Wildman–Crippen LogP) is 16.7. The van der Waals surface area contributed by atoms with Gasteiger partial charge in [0.25, 0.3) is 0 Å². The predicted molar refractivity (Wildman–Crippen MR) is 255 cm³/mol. The van der Waals surface area contributed by atoms with E-state index in [4.69, 9.17) is 4.42 Å². The van der Waals surface area contributed by atoms with Crippen LogP contribution in [0.1, 0.15) is 0 Å². The van der Waals surface area contributed by atoms with Gasteiger partial charge in [-0.3, -0.25) is 0 Å². The Balaban J connectivity index is 1.20. The maximum absolute atomic E-state index is 6.57. The summed E-state index contributed by atoms with van der Waals surface area (Å²) in [6.07, 6.45) is 0. The molecule has 60 heavy (non-hydrogen) atoms. The van der Waals surface area contributed by atoms with E-state index in [1.165, 1.54) is 70.9 Å². The SMILES string of the molecule is c1ccc(-c2ccc(N(c3ccc4c(c3)oc3ccccc34)c3cccc(-c4cc5ccccc5c5ccccc45)c3-c3cc4ccccc4c4ccccc34)cc2)cc1. The van der Waals surface area contributed by atoms with Crippen LogP contribution in [0.2, 0.25) is 0 Å². The third-order valence-corrected chi connectivity index (χ3v) is 12.2. The van der Waals surface area contributed by atoms with E-state index in [1.807, 2.05) is 6.07 Å². The molecule has 12 rings (SSSR count). The molecule has 0 N–H and O–H groups in total. The molecule has 2 nitrogen and oxygen atoms in total. The molecule has 0 aliphatic rings. The molecule has 0 bridgehead atoms. The molecule has 0 saturated carbocycles. The van der Waals surface area contributed by atoms with E-state index in [2.05, 4.69) is 223 Å². The van der Waals surface area contributed by atoms with Gasteiger partial charge in [-0.25, -0.2) is 0 Å². The van der Waals surface area contributed by atoms with Crippen LogP contribution in [0.15, 0.2) is 229 Å². The van der Waals surface area contributed by atoms with Gasteiger partial charge >= 0.3 is 0 Å². The monoisotopic (exact) mass is 763 g/mol. The fraction of sp³-hybridized carbons (Fsp3) is 0. The van der Waals surface area contributed by atoms with Gasteiger partial charge in [0, 0.05) is 33.8 Å². The van der Waals surface area contributed by atoms with Crippen molar-refractivity contribution in [3.63, 3.8) is 0 Å². The standard InChI is InChI=1S/C58H37NO/c1-2-15-38(16-3-1)39-29-31-42(32-30-39)59(43-33-34-51-50-25-12-13-28-56(50)60-57(51)37-43)55-27-14-26-52(53-35-40-17-4-6-19-44(40)46-21-8-10-23-48(46)53)58(55)54-36-41-18-5-7-20-45(41)47-22-9-11-24-49(47)54/h1-37H. The van der Waals surface area contributed by atoms with Crippen LogP contribution in [0, 0.1) is 0 Å². The lowest BCUT2D eigenvalue weighted by Crippen LogP contribution is -2.12. The first-order valence-electron chi connectivity index (χ1n) is 20.6. The molecule has 11 aromatic carbocycles. The Morgan fingerprint density at radius 1 is 0.283 bits per heavy atom. The number of nitrogens with zero attached hydrogens (tertiary/aromatic N) is 1. The van der Waals surface area contributed by atoms with Crippen molar-refractivity contribution < 1.29 is 4.42 Å². The lowest BCUT2D eigenvalue weighted by atomic mass is 9.85. The van der Waals surface area contributed by atoms with Gasteiger partial charge in [0.1, 0.15) is 11.2 Å². The molecule has 1 aromatic heterocycles. The Morgan fingerprint density at radius 3 is 1.50 bits per heavy atom. The van der Waals surface area contributed by atoms with E-state index in [1.54, 1.807) is 0 Å². The number of para-hydroxylation sites is 1. The minimum Gasteiger partial charge on any atom is -0.456 e. The highest BCUT2D eigenvalue weighted by Crippen LogP contribution is 2.50. The highest BCUT2D eigenvalue weighted by molar-refractivity contribution is 6.20. The average molecular weight is 764 g/mol. The van der Waals surface area contributed by atoms with Gasteiger partial charge in [0.15, 0.2) is 0 Å². The van der Waals surface area contributed by atoms with E-state index in [0.29, 0.717) is 0 Å². The fourth-order valence-corrected chi connectivity index (χ4v) is 9.49. The van der Waals surface area contributed by atoms with E-state index in [9.17, 15) is 0 Å². The van der Waals surface area contributed by atoms with Gasteiger partial charge in [-0.1, -0.05) is 170 Å². The van der Waals surface area contributed by atoms with Crippen LogP contribution >= 0.6 is 0 Å². The van der Waals surface area contributed by atoms with Crippen LogP contribution in [0.25, 0.3) is 98.4 Å². The van der Waals surface area contributed by atoms with Crippen LogP contribution in [-0.2, 0) is 0 Å². The van der Waals surface area contributed by atoms with E-state index >= 15 is 0 Å². The van der Waals surface area contributed by atoms with Gasteiger partial charge in [-0.15, -0.1) is 0 Å². The molecule has 0 radical (unpaired) electrons. The Labute approximate surface area is 347 Å². The molecule has 0 spiro atoms. The summed E-state index contributed by atoms with van der Waals surface area (Å²) in [5.74, 6) is 0. The third-order valence-electron chi connectivity index (χ3n) is 12.2. The van der Waals surface area contributed by atoms with E-state index in [0.717, 1.165) is 44.6 Å². The average Bonchev–Trinajstić information content (AvgIpc) is 3.70. The second-order valence-electron chi connectivity index (χ2n) is 15.6. The summed E-state index contributed by atoms with van der Waals surface area (Å²) < 4.78 is 6.57. The van der Waals surface area contributed by atoms with Crippen LogP contribution in [0.5, 0.6) is 0 Å². The Morgan fingerprint density at radius 2 is 0.800 bits per heavy atom. The van der Waals surface area contributed by atoms with Gasteiger partial charge in [0.2, 0.25) is 0 Å². The summed E-state index contributed by atoms with van der Waals surface area (Å²) in [5.41, 5.74) is 12.0. The van der Waals surface area contributed by atoms with Crippen molar-refractivity contribution in [3.8, 4) is 33.4 Å². The quantitative estimate of drug-likeness (QED) is 0.157. The highest BCUT2D eigenvalue weighted by atomic mass is 16.3. The molecule has 280 valence electrons. The largest absolute Gasteiger partial charge is 0.456 e. The van der Waals surface area contributed by atoms with Crippen molar-refractivity contribution in [3.05, 3.63) is 224 Å². The van der Waals surface area contributed by atoms with Crippen molar-refractivity contribution in [1.82, 2.24) is 0 Å². The number of rotatable bonds is 6. The summed E-state index contributed by atoms with van der Waals surface area (Å²) >= 11 is 0. The smallest absolute Gasteiger partial charge is 0.137 e. The molecule has 0 aliphatic heterocycles. The maximum atomic E-state index is 6.57. The first kappa shape index (κ1) is 34.1. The second kappa shape index (κ2) is 13.9. The molecule has 2 heteroatoms. The van der Waals surface area contributed by atoms with Crippen LogP contribution in [-0.4, -0.2) is 0 Å². The Bertz CT molecular complexity index is 3600. The minimum atomic E-state index is 0.856. The fourth-order valence-electron chi connectivity index (χ4n) is 9.49. The van der Waals surface area contributed by atoms with E-state index in [-0.39, 0.29) is 0 Å². The Kier molecular flexibility index (Phi) is 7.89. The molecule has 0 atom stereocenters. The Hall–Kier alpha value is -7.94. The normalized spacial score (nSPS) is 11.7. The summed E-state index contributed by atoms with van der Waals surface area (Å²) in [5, 5.41) is 12.1. The first-order chi connectivity index (χ1) is 29.8. The minimum absolute atomic E-state index is 0.856. The number of hydrogen-bond acceptors (Lipinski definition) is 2. The molecule has 0 saturated heterocycles. The zero-order valence-electron chi connectivity index (χ0n) is 32.7. The topological polar surface area (TPSA) is 16.4 Å². The van der Waals surface area contributed by atoms with Crippen LogP contribution in [0.4, 0.5) is 17.1 Å². The van der Waals surface area contributed by atoms with Crippen LogP contribution in [0.3, 0.4) is 0 Å². The highest BCUT2D eigenvalue weighted by Gasteiger charge is 2.25. The number of anilines is 3. The van der Waals surface area contributed by atoms with Crippen molar-refractivity contribution in [2.45, 2.75) is 0 Å². The lowest BCUT2D eigenvalue weighted by Gasteiger charge is -2.30. The molecule has 0 fully saturated rings.